The van der Waals surface area contributed by atoms with Gasteiger partial charge in [0.2, 0.25) is 17.7 Å². The lowest BCUT2D eigenvalue weighted by Gasteiger charge is -2.27. The fourth-order valence-electron chi connectivity index (χ4n) is 4.27. The summed E-state index contributed by atoms with van der Waals surface area (Å²) in [5, 5.41) is 7.65. The van der Waals surface area contributed by atoms with Crippen LogP contribution in [0.4, 0.5) is 0 Å². The molecule has 1 saturated heterocycles. The minimum atomic E-state index is -1.09. The molecule has 2 aliphatic heterocycles. The highest BCUT2D eigenvalue weighted by Crippen LogP contribution is 2.33. The van der Waals surface area contributed by atoms with Crippen molar-refractivity contribution in [3.63, 3.8) is 0 Å². The number of benzene rings is 2. The van der Waals surface area contributed by atoms with Crippen LogP contribution in [0.2, 0.25) is 0 Å². The third-order valence-electron chi connectivity index (χ3n) is 6.34. The van der Waals surface area contributed by atoms with Gasteiger partial charge in [-0.2, -0.15) is 0 Å². The molecule has 0 aromatic heterocycles. The number of nitrogens with zero attached hydrogens (tertiary/aromatic N) is 1. The minimum Gasteiger partial charge on any atom is -0.483 e. The fraction of sp³-hybridized carbons (Fsp3) is 0.357. The molecule has 0 radical (unpaired) electrons. The molecule has 1 fully saturated rings. The van der Waals surface area contributed by atoms with Gasteiger partial charge in [0, 0.05) is 19.5 Å². The maximum Gasteiger partial charge on any atom is 0.266 e. The van der Waals surface area contributed by atoms with Gasteiger partial charge < -0.3 is 20.1 Å². The second-order valence-corrected chi connectivity index (χ2v) is 9.64. The van der Waals surface area contributed by atoms with Gasteiger partial charge in [0.25, 0.3) is 17.7 Å². The number of hydrogen-bond acceptors (Lipinski definition) is 8. The summed E-state index contributed by atoms with van der Waals surface area (Å²) in [7, 11) is 0. The number of fused-ring (bicyclic) bond motifs is 1. The molecule has 40 heavy (non-hydrogen) atoms. The number of ether oxygens (including phenoxy) is 2. The monoisotopic (exact) mass is 550 g/mol. The van der Waals surface area contributed by atoms with E-state index >= 15 is 0 Å². The Labute approximate surface area is 230 Å². The van der Waals surface area contributed by atoms with Gasteiger partial charge in [-0.05, 0) is 43.5 Å². The molecule has 3 N–H and O–H groups in total. The molecular formula is C28H30N4O8. The van der Waals surface area contributed by atoms with Crippen LogP contribution in [0, 0.1) is 0 Å². The first-order valence-corrected chi connectivity index (χ1v) is 12.8. The molecule has 12 nitrogen and oxygen atoms in total. The van der Waals surface area contributed by atoms with E-state index in [4.69, 9.17) is 9.47 Å². The molecule has 2 aromatic rings. The molecule has 2 aromatic carbocycles. The summed E-state index contributed by atoms with van der Waals surface area (Å²) in [6.07, 6.45) is 0.0270. The number of rotatable bonds is 11. The zero-order valence-corrected chi connectivity index (χ0v) is 22.2. The average Bonchev–Trinajstić information content (AvgIpc) is 3.19. The molecule has 2 heterocycles. The fourth-order valence-corrected chi connectivity index (χ4v) is 4.27. The molecule has 1 atom stereocenters. The van der Waals surface area contributed by atoms with Crippen molar-refractivity contribution in [3.8, 4) is 5.75 Å². The molecule has 210 valence electrons. The molecule has 0 spiro atoms. The van der Waals surface area contributed by atoms with Crippen LogP contribution in [0.3, 0.4) is 0 Å². The average molecular weight is 551 g/mol. The van der Waals surface area contributed by atoms with E-state index < -0.39 is 42.2 Å². The SMILES string of the molecule is CC(C)OCC(=O)NCc1ccc(CNC(=O)COc2cccc3c2C(=O)N(C2CCC(=O)NC2=O)C3=O)cc1. The Morgan fingerprint density at radius 3 is 2.15 bits per heavy atom. The zero-order valence-electron chi connectivity index (χ0n) is 22.2. The van der Waals surface area contributed by atoms with Crippen molar-refractivity contribution in [2.45, 2.75) is 51.9 Å². The Bertz CT molecular complexity index is 1340. The molecule has 12 heteroatoms. The van der Waals surface area contributed by atoms with E-state index in [9.17, 15) is 28.8 Å². The largest absolute Gasteiger partial charge is 0.483 e. The number of piperidine rings is 1. The summed E-state index contributed by atoms with van der Waals surface area (Å²) in [5.41, 5.74) is 1.76. The van der Waals surface area contributed by atoms with Crippen LogP contribution in [-0.2, 0) is 37.0 Å². The van der Waals surface area contributed by atoms with Crippen molar-refractivity contribution < 1.29 is 38.2 Å². The molecule has 0 aliphatic carbocycles. The number of amides is 6. The zero-order chi connectivity index (χ0) is 28.8. The van der Waals surface area contributed by atoms with Crippen LogP contribution in [-0.4, -0.2) is 65.7 Å². The Kier molecular flexibility index (Phi) is 8.90. The lowest BCUT2D eigenvalue weighted by atomic mass is 10.0. The van der Waals surface area contributed by atoms with Crippen molar-refractivity contribution in [3.05, 3.63) is 64.7 Å². The van der Waals surface area contributed by atoms with E-state index in [1.54, 1.807) is 0 Å². The normalized spacial score (nSPS) is 16.6. The highest BCUT2D eigenvalue weighted by atomic mass is 16.5. The van der Waals surface area contributed by atoms with Gasteiger partial charge in [-0.1, -0.05) is 30.3 Å². The van der Waals surface area contributed by atoms with Gasteiger partial charge in [0.1, 0.15) is 18.4 Å². The van der Waals surface area contributed by atoms with Crippen molar-refractivity contribution in [1.82, 2.24) is 20.9 Å². The molecule has 1 unspecified atom stereocenters. The Hall–Kier alpha value is -4.58. The van der Waals surface area contributed by atoms with E-state index in [1.165, 1.54) is 18.2 Å². The molecular weight excluding hydrogens is 520 g/mol. The maximum atomic E-state index is 13.1. The highest BCUT2D eigenvalue weighted by Gasteiger charge is 2.46. The van der Waals surface area contributed by atoms with Crippen molar-refractivity contribution in [2.24, 2.45) is 0 Å². The number of hydrogen-bond donors (Lipinski definition) is 3. The lowest BCUT2D eigenvalue weighted by molar-refractivity contribution is -0.136. The highest BCUT2D eigenvalue weighted by molar-refractivity contribution is 6.24. The van der Waals surface area contributed by atoms with Crippen LogP contribution in [0.5, 0.6) is 5.75 Å². The van der Waals surface area contributed by atoms with E-state index in [0.717, 1.165) is 16.0 Å². The summed E-state index contributed by atoms with van der Waals surface area (Å²) in [6.45, 7) is 3.88. The second kappa shape index (κ2) is 12.5. The quantitative estimate of drug-likeness (QED) is 0.347. The third-order valence-corrected chi connectivity index (χ3v) is 6.34. The second-order valence-electron chi connectivity index (χ2n) is 9.64. The summed E-state index contributed by atoms with van der Waals surface area (Å²) in [6, 6.07) is 10.7. The van der Waals surface area contributed by atoms with Crippen molar-refractivity contribution in [1.29, 1.82) is 0 Å². The lowest BCUT2D eigenvalue weighted by Crippen LogP contribution is -2.54. The van der Waals surface area contributed by atoms with E-state index in [1.807, 2.05) is 38.1 Å². The van der Waals surface area contributed by atoms with Gasteiger partial charge in [-0.15, -0.1) is 0 Å². The van der Waals surface area contributed by atoms with Crippen LogP contribution in [0.15, 0.2) is 42.5 Å². The van der Waals surface area contributed by atoms with Gasteiger partial charge >= 0.3 is 0 Å². The number of imide groups is 2. The number of carbonyl (C=O) groups is 6. The van der Waals surface area contributed by atoms with Gasteiger partial charge in [0.15, 0.2) is 6.61 Å². The Morgan fingerprint density at radius 1 is 0.925 bits per heavy atom. The van der Waals surface area contributed by atoms with Crippen LogP contribution >= 0.6 is 0 Å². The predicted molar refractivity (Wildman–Crippen MR) is 140 cm³/mol. The molecule has 0 bridgehead atoms. The van der Waals surface area contributed by atoms with Crippen LogP contribution in [0.25, 0.3) is 0 Å². The van der Waals surface area contributed by atoms with Crippen molar-refractivity contribution >= 4 is 35.4 Å². The molecule has 6 amide bonds. The number of carbonyl (C=O) groups excluding carboxylic acids is 6. The first-order chi connectivity index (χ1) is 19.1. The maximum absolute atomic E-state index is 13.1. The minimum absolute atomic E-state index is 0.00178. The van der Waals surface area contributed by atoms with Gasteiger partial charge in [0.05, 0.1) is 17.2 Å². The topological polar surface area (TPSA) is 160 Å². The first-order valence-electron chi connectivity index (χ1n) is 12.8. The first kappa shape index (κ1) is 28.4. The van der Waals surface area contributed by atoms with E-state index in [-0.39, 0.29) is 54.9 Å². The standard InChI is InChI=1S/C28H30N4O8/c1-16(2)39-14-23(34)29-12-17-6-8-18(9-7-17)13-30-24(35)15-40-21-5-3-4-19-25(21)28(38)32(27(19)37)20-10-11-22(33)31-26(20)36/h3-9,16,20H,10-15H2,1-2H3,(H,29,34)(H,30,35)(H,31,33,36). The van der Waals surface area contributed by atoms with Gasteiger partial charge in [-0.25, -0.2) is 0 Å². The number of nitrogens with one attached hydrogen (secondary N) is 3. The van der Waals surface area contributed by atoms with Crippen molar-refractivity contribution in [2.75, 3.05) is 13.2 Å². The summed E-state index contributed by atoms with van der Waals surface area (Å²) >= 11 is 0. The summed E-state index contributed by atoms with van der Waals surface area (Å²) in [4.78, 5) is 74.8. The molecule has 4 rings (SSSR count). The predicted octanol–water partition coefficient (Wildman–Crippen LogP) is 0.824. The van der Waals surface area contributed by atoms with E-state index in [2.05, 4.69) is 16.0 Å². The van der Waals surface area contributed by atoms with Gasteiger partial charge in [-0.3, -0.25) is 39.0 Å². The smallest absolute Gasteiger partial charge is 0.266 e. The third kappa shape index (κ3) is 6.70. The Balaban J connectivity index is 1.28. The summed E-state index contributed by atoms with van der Waals surface area (Å²) < 4.78 is 10.8. The summed E-state index contributed by atoms with van der Waals surface area (Å²) in [5.74, 6) is -3.14. The molecule has 0 saturated carbocycles. The Morgan fingerprint density at radius 2 is 1.55 bits per heavy atom. The van der Waals surface area contributed by atoms with E-state index in [0.29, 0.717) is 6.54 Å². The van der Waals surface area contributed by atoms with Crippen LogP contribution in [0.1, 0.15) is 58.5 Å². The molecule has 2 aliphatic rings. The van der Waals surface area contributed by atoms with Crippen LogP contribution < -0.4 is 20.7 Å².